The van der Waals surface area contributed by atoms with Crippen LogP contribution in [0.4, 0.5) is 5.69 Å². The Hall–Kier alpha value is -0.830. The van der Waals surface area contributed by atoms with Crippen molar-refractivity contribution in [1.29, 1.82) is 5.26 Å². The van der Waals surface area contributed by atoms with Crippen molar-refractivity contribution in [1.82, 2.24) is 4.98 Å². The summed E-state index contributed by atoms with van der Waals surface area (Å²) in [6.07, 6.45) is 4.94. The molecule has 1 saturated heterocycles. The van der Waals surface area contributed by atoms with Gasteiger partial charge in [-0.15, -0.1) is 0 Å². The van der Waals surface area contributed by atoms with Crippen LogP contribution in [0.25, 0.3) is 0 Å². The van der Waals surface area contributed by atoms with Crippen molar-refractivity contribution in [3.05, 3.63) is 21.9 Å². The summed E-state index contributed by atoms with van der Waals surface area (Å²) >= 11 is 9.69. The van der Waals surface area contributed by atoms with Gasteiger partial charge in [-0.1, -0.05) is 11.6 Å². The third kappa shape index (κ3) is 3.02. The van der Waals surface area contributed by atoms with Gasteiger partial charge < -0.3 is 9.64 Å². The number of pyridine rings is 1. The van der Waals surface area contributed by atoms with Gasteiger partial charge in [0.25, 0.3) is 0 Å². The van der Waals surface area contributed by atoms with Gasteiger partial charge in [0.2, 0.25) is 0 Å². The molecule has 1 fully saturated rings. The van der Waals surface area contributed by atoms with Gasteiger partial charge in [-0.3, -0.25) is 4.98 Å². The number of piperidine rings is 1. The highest BCUT2D eigenvalue weighted by atomic mass is 79.9. The average Bonchev–Trinajstić information content (AvgIpc) is 2.41. The van der Waals surface area contributed by atoms with Gasteiger partial charge in [-0.05, 0) is 28.8 Å². The summed E-state index contributed by atoms with van der Waals surface area (Å²) in [6, 6.07) is 2.41. The van der Waals surface area contributed by atoms with Gasteiger partial charge >= 0.3 is 0 Å². The molecule has 0 amide bonds. The zero-order chi connectivity index (χ0) is 13.9. The van der Waals surface area contributed by atoms with Crippen LogP contribution in [0, 0.1) is 16.7 Å². The summed E-state index contributed by atoms with van der Waals surface area (Å²) in [5, 5.41) is 9.97. The van der Waals surface area contributed by atoms with Crippen LogP contribution >= 0.6 is 27.5 Å². The molecule has 1 aromatic rings. The van der Waals surface area contributed by atoms with Crippen molar-refractivity contribution in [2.75, 3.05) is 31.7 Å². The first kappa shape index (κ1) is 14.6. The lowest BCUT2D eigenvalue weighted by Crippen LogP contribution is -2.42. The fourth-order valence-corrected chi connectivity index (χ4v) is 3.40. The van der Waals surface area contributed by atoms with E-state index < -0.39 is 0 Å². The van der Waals surface area contributed by atoms with Crippen molar-refractivity contribution in [3.63, 3.8) is 0 Å². The van der Waals surface area contributed by atoms with Crippen LogP contribution in [0.3, 0.4) is 0 Å². The van der Waals surface area contributed by atoms with Crippen molar-refractivity contribution in [3.8, 4) is 6.07 Å². The van der Waals surface area contributed by atoms with E-state index in [1.807, 2.05) is 0 Å². The lowest BCUT2D eigenvalue weighted by molar-refractivity contribution is 0.0983. The van der Waals surface area contributed by atoms with Crippen LogP contribution in [-0.4, -0.2) is 31.8 Å². The molecule has 1 aromatic heterocycles. The zero-order valence-electron chi connectivity index (χ0n) is 10.7. The van der Waals surface area contributed by atoms with E-state index in [9.17, 15) is 5.26 Å². The molecule has 19 heavy (non-hydrogen) atoms. The molecule has 0 saturated carbocycles. The van der Waals surface area contributed by atoms with Crippen LogP contribution in [-0.2, 0) is 4.74 Å². The molecule has 6 heteroatoms. The van der Waals surface area contributed by atoms with Crippen molar-refractivity contribution < 1.29 is 4.74 Å². The first-order chi connectivity index (χ1) is 9.12. The topological polar surface area (TPSA) is 49.1 Å². The third-order valence-corrected chi connectivity index (χ3v) is 4.38. The Morgan fingerprint density at radius 2 is 2.21 bits per heavy atom. The van der Waals surface area contributed by atoms with E-state index >= 15 is 0 Å². The lowest BCUT2D eigenvalue weighted by atomic mass is 9.80. The maximum absolute atomic E-state index is 9.34. The van der Waals surface area contributed by atoms with Crippen LogP contribution < -0.4 is 4.90 Å². The van der Waals surface area contributed by atoms with Gasteiger partial charge in [0.05, 0.1) is 33.3 Å². The fourth-order valence-electron chi connectivity index (χ4n) is 2.43. The highest BCUT2D eigenvalue weighted by Crippen LogP contribution is 2.38. The van der Waals surface area contributed by atoms with E-state index in [4.69, 9.17) is 16.3 Å². The molecular formula is C13H15BrClN3O. The van der Waals surface area contributed by atoms with E-state index in [0.717, 1.165) is 36.1 Å². The predicted octanol–water partition coefficient (Wildman–Crippen LogP) is 3.25. The standard InChI is InChI=1S/C13H15BrClN3O/c1-19-9-13(8-16)2-4-18(5-3-13)12-10(14)6-17-7-11(12)15/h6-7H,2-5,9H2,1H3. The Labute approximate surface area is 126 Å². The number of ether oxygens (including phenoxy) is 1. The van der Waals surface area contributed by atoms with Crippen LogP contribution in [0.5, 0.6) is 0 Å². The van der Waals surface area contributed by atoms with E-state index in [1.54, 1.807) is 19.5 Å². The molecule has 0 bridgehead atoms. The van der Waals surface area contributed by atoms with E-state index in [2.05, 4.69) is 31.9 Å². The number of nitriles is 1. The highest BCUT2D eigenvalue weighted by Gasteiger charge is 2.35. The first-order valence-corrected chi connectivity index (χ1v) is 7.23. The van der Waals surface area contributed by atoms with Crippen LogP contribution in [0.1, 0.15) is 12.8 Å². The minimum atomic E-state index is -0.364. The quantitative estimate of drug-likeness (QED) is 0.844. The molecule has 0 aliphatic carbocycles. The largest absolute Gasteiger partial charge is 0.383 e. The van der Waals surface area contributed by atoms with Crippen LogP contribution in [0.15, 0.2) is 16.9 Å². The summed E-state index contributed by atoms with van der Waals surface area (Å²) < 4.78 is 6.06. The van der Waals surface area contributed by atoms with E-state index in [-0.39, 0.29) is 5.41 Å². The lowest BCUT2D eigenvalue weighted by Gasteiger charge is -2.38. The molecule has 2 heterocycles. The highest BCUT2D eigenvalue weighted by molar-refractivity contribution is 9.10. The predicted molar refractivity (Wildman–Crippen MR) is 78.3 cm³/mol. The summed E-state index contributed by atoms with van der Waals surface area (Å²) in [7, 11) is 1.64. The molecule has 0 atom stereocenters. The van der Waals surface area contributed by atoms with Crippen LogP contribution in [0.2, 0.25) is 5.02 Å². The molecule has 0 unspecified atom stereocenters. The number of aromatic nitrogens is 1. The summed E-state index contributed by atoms with van der Waals surface area (Å²) in [4.78, 5) is 6.23. The maximum Gasteiger partial charge on any atom is 0.0840 e. The number of rotatable bonds is 3. The Kier molecular flexibility index (Phi) is 4.67. The molecule has 0 aromatic carbocycles. The second kappa shape index (κ2) is 6.08. The second-order valence-electron chi connectivity index (χ2n) is 4.76. The molecule has 0 radical (unpaired) electrons. The Morgan fingerprint density at radius 3 is 2.74 bits per heavy atom. The number of hydrogen-bond acceptors (Lipinski definition) is 4. The maximum atomic E-state index is 9.34. The normalized spacial score (nSPS) is 18.1. The average molecular weight is 345 g/mol. The van der Waals surface area contributed by atoms with Gasteiger partial charge in [-0.2, -0.15) is 5.26 Å². The number of anilines is 1. The Balaban J connectivity index is 2.14. The van der Waals surface area contributed by atoms with Crippen molar-refractivity contribution in [2.24, 2.45) is 5.41 Å². The Morgan fingerprint density at radius 1 is 1.53 bits per heavy atom. The SMILES string of the molecule is COCC1(C#N)CCN(c2c(Cl)cncc2Br)CC1. The molecular weight excluding hydrogens is 330 g/mol. The fraction of sp³-hybridized carbons (Fsp3) is 0.538. The summed E-state index contributed by atoms with van der Waals surface area (Å²) in [5.41, 5.74) is 0.595. The molecule has 102 valence electrons. The third-order valence-electron chi connectivity index (χ3n) is 3.52. The molecule has 1 aliphatic heterocycles. The molecule has 1 aliphatic rings. The molecule has 0 N–H and O–H groups in total. The zero-order valence-corrected chi connectivity index (χ0v) is 13.0. The van der Waals surface area contributed by atoms with Gasteiger partial charge in [0.1, 0.15) is 0 Å². The number of nitrogens with zero attached hydrogens (tertiary/aromatic N) is 3. The number of halogens is 2. The Bertz CT molecular complexity index is 475. The smallest absolute Gasteiger partial charge is 0.0840 e. The van der Waals surface area contributed by atoms with Gasteiger partial charge in [0.15, 0.2) is 0 Å². The van der Waals surface area contributed by atoms with Gasteiger partial charge in [0, 0.05) is 32.6 Å². The van der Waals surface area contributed by atoms with Crippen molar-refractivity contribution in [2.45, 2.75) is 12.8 Å². The first-order valence-electron chi connectivity index (χ1n) is 6.06. The molecule has 2 rings (SSSR count). The minimum Gasteiger partial charge on any atom is -0.383 e. The van der Waals surface area contributed by atoms with Crippen molar-refractivity contribution >= 4 is 33.2 Å². The number of hydrogen-bond donors (Lipinski definition) is 0. The summed E-state index contributed by atoms with van der Waals surface area (Å²) in [6.45, 7) is 2.07. The van der Waals surface area contributed by atoms with E-state index in [0.29, 0.717) is 11.6 Å². The molecule has 0 spiro atoms. The second-order valence-corrected chi connectivity index (χ2v) is 6.03. The van der Waals surface area contributed by atoms with Gasteiger partial charge in [-0.25, -0.2) is 0 Å². The monoisotopic (exact) mass is 343 g/mol. The summed E-state index contributed by atoms with van der Waals surface area (Å²) in [5.74, 6) is 0. The van der Waals surface area contributed by atoms with E-state index in [1.165, 1.54) is 0 Å². The minimum absolute atomic E-state index is 0.364. The molecule has 4 nitrogen and oxygen atoms in total. The number of methoxy groups -OCH3 is 1.